The van der Waals surface area contributed by atoms with Gasteiger partial charge in [0.15, 0.2) is 0 Å². The van der Waals surface area contributed by atoms with Crippen LogP contribution in [0.3, 0.4) is 0 Å². The number of hydrogen-bond donors (Lipinski definition) is 0. The van der Waals surface area contributed by atoms with E-state index in [0.717, 1.165) is 10.7 Å². The maximum Gasteiger partial charge on any atom is 0.0171 e. The number of halogens is 1. The van der Waals surface area contributed by atoms with Gasteiger partial charge in [0.05, 0.1) is 0 Å². The number of hydrogen-bond acceptors (Lipinski definition) is 0. The Labute approximate surface area is 53.4 Å². The Morgan fingerprint density at radius 3 is 2.29 bits per heavy atom. The van der Waals surface area contributed by atoms with Crippen molar-refractivity contribution in [3.8, 4) is 0 Å². The molecule has 1 saturated carbocycles. The molecule has 1 heteroatoms. The van der Waals surface area contributed by atoms with Gasteiger partial charge in [-0.2, -0.15) is 0 Å². The van der Waals surface area contributed by atoms with Crippen molar-refractivity contribution in [1.82, 2.24) is 0 Å². The lowest BCUT2D eigenvalue weighted by Crippen LogP contribution is -1.98. The molecule has 0 heterocycles. The lowest BCUT2D eigenvalue weighted by molar-refractivity contribution is 0.631. The Morgan fingerprint density at radius 2 is 2.14 bits per heavy atom. The Hall–Kier alpha value is 0.480. The summed E-state index contributed by atoms with van der Waals surface area (Å²) in [6.07, 6.45) is 4.24. The van der Waals surface area contributed by atoms with Gasteiger partial charge in [-0.25, -0.2) is 0 Å². The minimum atomic E-state index is 0.826. The third-order valence-electron chi connectivity index (χ3n) is 1.76. The van der Waals surface area contributed by atoms with E-state index in [4.69, 9.17) is 0 Å². The first kappa shape index (κ1) is 5.61. The summed E-state index contributed by atoms with van der Waals surface area (Å²) in [6.45, 7) is 2.31. The van der Waals surface area contributed by atoms with Gasteiger partial charge in [0, 0.05) is 4.83 Å². The van der Waals surface area contributed by atoms with Crippen molar-refractivity contribution < 1.29 is 0 Å². The van der Waals surface area contributed by atoms with E-state index >= 15 is 0 Å². The Bertz CT molecular complexity index is 53.2. The van der Waals surface area contributed by atoms with Crippen LogP contribution in [0.15, 0.2) is 0 Å². The van der Waals surface area contributed by atoms with Crippen LogP contribution in [0.1, 0.15) is 26.2 Å². The molecule has 0 bridgehead atoms. The standard InChI is InChI=1S/C6H11Br/c1-5-3-2-4-6(5)7/h5-6H,2-4H2,1H3/t5-,6-/m0/s1. The van der Waals surface area contributed by atoms with E-state index in [0.29, 0.717) is 0 Å². The molecule has 0 aromatic heterocycles. The predicted molar refractivity (Wildman–Crippen MR) is 35.7 cm³/mol. The Kier molecular flexibility index (Phi) is 1.74. The molecule has 0 amide bonds. The second kappa shape index (κ2) is 2.17. The van der Waals surface area contributed by atoms with Crippen LogP contribution in [0, 0.1) is 5.92 Å². The van der Waals surface area contributed by atoms with Crippen LogP contribution in [0.2, 0.25) is 0 Å². The molecule has 2 atom stereocenters. The first-order valence-corrected chi connectivity index (χ1v) is 3.86. The van der Waals surface area contributed by atoms with Gasteiger partial charge in [-0.05, 0) is 18.8 Å². The second-order valence-corrected chi connectivity index (χ2v) is 3.60. The maximum atomic E-state index is 3.60. The average molecular weight is 163 g/mol. The highest BCUT2D eigenvalue weighted by Crippen LogP contribution is 2.30. The maximum absolute atomic E-state index is 3.60. The summed E-state index contributed by atoms with van der Waals surface area (Å²) in [7, 11) is 0. The molecule has 0 radical (unpaired) electrons. The van der Waals surface area contributed by atoms with Crippen molar-refractivity contribution in [1.29, 1.82) is 0 Å². The van der Waals surface area contributed by atoms with Crippen molar-refractivity contribution in [3.05, 3.63) is 0 Å². The molecule has 1 aliphatic carbocycles. The molecule has 0 nitrogen and oxygen atoms in total. The fraction of sp³-hybridized carbons (Fsp3) is 1.00. The zero-order valence-corrected chi connectivity index (χ0v) is 6.24. The van der Waals surface area contributed by atoms with Crippen molar-refractivity contribution in [2.24, 2.45) is 5.92 Å². The van der Waals surface area contributed by atoms with E-state index in [2.05, 4.69) is 22.9 Å². The van der Waals surface area contributed by atoms with Crippen LogP contribution in [-0.2, 0) is 0 Å². The molecule has 1 rings (SSSR count). The van der Waals surface area contributed by atoms with Gasteiger partial charge in [0.25, 0.3) is 0 Å². The molecule has 0 unspecified atom stereocenters. The minimum Gasteiger partial charge on any atom is -0.0888 e. The lowest BCUT2D eigenvalue weighted by atomic mass is 10.1. The SMILES string of the molecule is C[C@H]1CCC[C@@H]1Br. The quantitative estimate of drug-likeness (QED) is 0.481. The van der Waals surface area contributed by atoms with E-state index in [9.17, 15) is 0 Å². The highest BCUT2D eigenvalue weighted by Gasteiger charge is 2.19. The summed E-state index contributed by atoms with van der Waals surface area (Å²) in [6, 6.07) is 0. The van der Waals surface area contributed by atoms with E-state index in [-0.39, 0.29) is 0 Å². The zero-order chi connectivity index (χ0) is 5.28. The third-order valence-corrected chi connectivity index (χ3v) is 3.12. The van der Waals surface area contributed by atoms with Crippen LogP contribution in [0.25, 0.3) is 0 Å². The largest absolute Gasteiger partial charge is 0.0888 e. The molecule has 42 valence electrons. The summed E-state index contributed by atoms with van der Waals surface area (Å²) >= 11 is 3.60. The Morgan fingerprint density at radius 1 is 1.43 bits per heavy atom. The molecule has 0 N–H and O–H groups in total. The summed E-state index contributed by atoms with van der Waals surface area (Å²) in [4.78, 5) is 0.826. The molecule has 0 saturated heterocycles. The lowest BCUT2D eigenvalue weighted by Gasteiger charge is -2.02. The van der Waals surface area contributed by atoms with Crippen molar-refractivity contribution >= 4 is 15.9 Å². The van der Waals surface area contributed by atoms with Crippen molar-refractivity contribution in [3.63, 3.8) is 0 Å². The molecule has 1 fully saturated rings. The van der Waals surface area contributed by atoms with Gasteiger partial charge in [0.1, 0.15) is 0 Å². The summed E-state index contributed by atoms with van der Waals surface area (Å²) in [5.74, 6) is 0.931. The normalized spacial score (nSPS) is 42.0. The third kappa shape index (κ3) is 1.18. The van der Waals surface area contributed by atoms with Gasteiger partial charge in [-0.3, -0.25) is 0 Å². The first-order valence-electron chi connectivity index (χ1n) is 2.95. The predicted octanol–water partition coefficient (Wildman–Crippen LogP) is 2.57. The fourth-order valence-electron chi connectivity index (χ4n) is 1.10. The van der Waals surface area contributed by atoms with E-state index < -0.39 is 0 Å². The van der Waals surface area contributed by atoms with Crippen molar-refractivity contribution in [2.75, 3.05) is 0 Å². The highest BCUT2D eigenvalue weighted by molar-refractivity contribution is 9.09. The molecule has 0 aromatic carbocycles. The Balaban J connectivity index is 2.33. The molecular formula is C6H11Br. The average Bonchev–Trinajstić information content (AvgIpc) is 1.91. The summed E-state index contributed by atoms with van der Waals surface area (Å²) in [5.41, 5.74) is 0. The van der Waals surface area contributed by atoms with Crippen LogP contribution in [0.4, 0.5) is 0 Å². The van der Waals surface area contributed by atoms with Crippen LogP contribution in [0.5, 0.6) is 0 Å². The molecule has 1 aliphatic rings. The molecule has 0 spiro atoms. The van der Waals surface area contributed by atoms with E-state index in [1.54, 1.807) is 0 Å². The number of rotatable bonds is 0. The van der Waals surface area contributed by atoms with Gasteiger partial charge >= 0.3 is 0 Å². The second-order valence-electron chi connectivity index (χ2n) is 2.42. The van der Waals surface area contributed by atoms with Gasteiger partial charge in [-0.15, -0.1) is 0 Å². The fourth-order valence-corrected chi connectivity index (χ4v) is 1.69. The molecular weight excluding hydrogens is 152 g/mol. The van der Waals surface area contributed by atoms with Crippen LogP contribution in [-0.4, -0.2) is 4.83 Å². The summed E-state index contributed by atoms with van der Waals surface area (Å²) < 4.78 is 0. The van der Waals surface area contributed by atoms with E-state index in [1.165, 1.54) is 19.3 Å². The van der Waals surface area contributed by atoms with Gasteiger partial charge in [0.2, 0.25) is 0 Å². The monoisotopic (exact) mass is 162 g/mol. The number of alkyl halides is 1. The topological polar surface area (TPSA) is 0 Å². The van der Waals surface area contributed by atoms with E-state index in [1.807, 2.05) is 0 Å². The van der Waals surface area contributed by atoms with Gasteiger partial charge in [-0.1, -0.05) is 29.3 Å². The highest BCUT2D eigenvalue weighted by atomic mass is 79.9. The zero-order valence-electron chi connectivity index (χ0n) is 4.65. The van der Waals surface area contributed by atoms with Crippen LogP contribution < -0.4 is 0 Å². The van der Waals surface area contributed by atoms with Crippen molar-refractivity contribution in [2.45, 2.75) is 31.0 Å². The van der Waals surface area contributed by atoms with Crippen LogP contribution >= 0.6 is 15.9 Å². The molecule has 0 aromatic rings. The molecule has 7 heavy (non-hydrogen) atoms. The minimum absolute atomic E-state index is 0.826. The first-order chi connectivity index (χ1) is 3.30. The summed E-state index contributed by atoms with van der Waals surface area (Å²) in [5, 5.41) is 0. The molecule has 0 aliphatic heterocycles. The van der Waals surface area contributed by atoms with Gasteiger partial charge < -0.3 is 0 Å². The smallest absolute Gasteiger partial charge is 0.0171 e.